The number of unbranched alkanes of at least 4 members (excludes halogenated alkanes) is 3. The summed E-state index contributed by atoms with van der Waals surface area (Å²) in [6.07, 6.45) is 9.75. The standard InChI is InChI=1S/C26H38O4/c1-19(2)13-8-5-6-11-18-29-25(27)23-17-12-14-20(3)24(23)26(28)30-21(4)22-15-9-7-10-16-22/h7,9-10,12,14-16,19-21,23-24H,5-6,8,11,13,17-18H2,1-4H3. The molecule has 0 bridgehead atoms. The van der Waals surface area contributed by atoms with E-state index in [0.717, 1.165) is 24.3 Å². The van der Waals surface area contributed by atoms with Gasteiger partial charge in [0.1, 0.15) is 6.10 Å². The maximum absolute atomic E-state index is 12.9. The average Bonchev–Trinajstić information content (AvgIpc) is 2.72. The minimum atomic E-state index is -0.500. The van der Waals surface area contributed by atoms with Gasteiger partial charge in [0.2, 0.25) is 0 Å². The quantitative estimate of drug-likeness (QED) is 0.243. The highest BCUT2D eigenvalue weighted by Crippen LogP contribution is 2.34. The molecule has 0 N–H and O–H groups in total. The maximum Gasteiger partial charge on any atom is 0.311 e. The maximum atomic E-state index is 12.9. The Morgan fingerprint density at radius 3 is 2.40 bits per heavy atom. The number of rotatable bonds is 11. The van der Waals surface area contributed by atoms with Gasteiger partial charge in [-0.1, -0.05) is 88.9 Å². The van der Waals surface area contributed by atoms with Crippen molar-refractivity contribution in [2.24, 2.45) is 23.7 Å². The lowest BCUT2D eigenvalue weighted by atomic mass is 9.76. The van der Waals surface area contributed by atoms with Gasteiger partial charge in [0.25, 0.3) is 0 Å². The van der Waals surface area contributed by atoms with E-state index in [2.05, 4.69) is 13.8 Å². The van der Waals surface area contributed by atoms with Crippen molar-refractivity contribution in [3.05, 3.63) is 48.0 Å². The third kappa shape index (κ3) is 7.62. The first-order valence-corrected chi connectivity index (χ1v) is 11.5. The number of carbonyl (C=O) groups is 2. The van der Waals surface area contributed by atoms with Crippen LogP contribution >= 0.6 is 0 Å². The van der Waals surface area contributed by atoms with Crippen LogP contribution in [0.1, 0.15) is 77.9 Å². The van der Waals surface area contributed by atoms with Gasteiger partial charge in [0.05, 0.1) is 18.4 Å². The van der Waals surface area contributed by atoms with Gasteiger partial charge in [0.15, 0.2) is 0 Å². The first-order chi connectivity index (χ1) is 14.4. The number of carbonyl (C=O) groups excluding carboxylic acids is 2. The molecule has 166 valence electrons. The summed E-state index contributed by atoms with van der Waals surface area (Å²) in [5.74, 6) is -0.879. The Labute approximate surface area is 182 Å². The largest absolute Gasteiger partial charge is 0.465 e. The van der Waals surface area contributed by atoms with Gasteiger partial charge in [-0.15, -0.1) is 0 Å². The smallest absolute Gasteiger partial charge is 0.311 e. The molecular formula is C26H38O4. The van der Waals surface area contributed by atoms with Crippen LogP contribution < -0.4 is 0 Å². The third-order valence-electron chi connectivity index (χ3n) is 5.89. The molecule has 0 radical (unpaired) electrons. The zero-order valence-corrected chi connectivity index (χ0v) is 19.0. The molecule has 30 heavy (non-hydrogen) atoms. The van der Waals surface area contributed by atoms with E-state index in [-0.39, 0.29) is 24.0 Å². The SMILES string of the molecule is CC(C)CCCCCCOC(=O)C1CC=CC(C)C1C(=O)OC(C)c1ccccc1. The lowest BCUT2D eigenvalue weighted by Gasteiger charge is -2.31. The third-order valence-corrected chi connectivity index (χ3v) is 5.89. The number of allylic oxidation sites excluding steroid dienone is 2. The molecule has 1 aromatic rings. The molecular weight excluding hydrogens is 376 g/mol. The van der Waals surface area contributed by atoms with E-state index < -0.39 is 11.8 Å². The molecule has 0 spiro atoms. The van der Waals surface area contributed by atoms with Gasteiger partial charge in [-0.2, -0.15) is 0 Å². The van der Waals surface area contributed by atoms with Gasteiger partial charge in [-0.3, -0.25) is 9.59 Å². The fourth-order valence-corrected chi connectivity index (χ4v) is 4.03. The van der Waals surface area contributed by atoms with E-state index in [1.165, 1.54) is 19.3 Å². The van der Waals surface area contributed by atoms with Crippen molar-refractivity contribution in [2.45, 2.75) is 72.3 Å². The van der Waals surface area contributed by atoms with Crippen LogP contribution in [0.25, 0.3) is 0 Å². The predicted molar refractivity (Wildman–Crippen MR) is 120 cm³/mol. The van der Waals surface area contributed by atoms with Crippen LogP contribution in [-0.4, -0.2) is 18.5 Å². The Hall–Kier alpha value is -2.10. The van der Waals surface area contributed by atoms with Crippen molar-refractivity contribution in [3.8, 4) is 0 Å². The molecule has 4 heteroatoms. The zero-order chi connectivity index (χ0) is 21.9. The summed E-state index contributed by atoms with van der Waals surface area (Å²) in [6, 6.07) is 9.66. The Morgan fingerprint density at radius 1 is 1.00 bits per heavy atom. The molecule has 0 amide bonds. The monoisotopic (exact) mass is 414 g/mol. The fourth-order valence-electron chi connectivity index (χ4n) is 4.03. The molecule has 4 atom stereocenters. The lowest BCUT2D eigenvalue weighted by molar-refractivity contribution is -0.166. The van der Waals surface area contributed by atoms with Crippen molar-refractivity contribution in [1.82, 2.24) is 0 Å². The summed E-state index contributed by atoms with van der Waals surface area (Å²) in [7, 11) is 0. The molecule has 0 fully saturated rings. The van der Waals surface area contributed by atoms with Gasteiger partial charge < -0.3 is 9.47 Å². The predicted octanol–water partition coefficient (Wildman–Crippen LogP) is 6.27. The molecule has 0 saturated carbocycles. The van der Waals surface area contributed by atoms with E-state index in [4.69, 9.17) is 9.47 Å². The average molecular weight is 415 g/mol. The number of hydrogen-bond acceptors (Lipinski definition) is 4. The molecule has 4 nitrogen and oxygen atoms in total. The van der Waals surface area contributed by atoms with Crippen LogP contribution in [0, 0.1) is 23.7 Å². The van der Waals surface area contributed by atoms with Crippen molar-refractivity contribution in [1.29, 1.82) is 0 Å². The Kier molecular flexibility index (Phi) is 10.1. The zero-order valence-electron chi connectivity index (χ0n) is 19.0. The van der Waals surface area contributed by atoms with Crippen molar-refractivity contribution in [2.75, 3.05) is 6.61 Å². The van der Waals surface area contributed by atoms with E-state index in [1.54, 1.807) is 0 Å². The van der Waals surface area contributed by atoms with E-state index in [1.807, 2.05) is 56.3 Å². The summed E-state index contributed by atoms with van der Waals surface area (Å²) >= 11 is 0. The molecule has 1 aromatic carbocycles. The Bertz CT molecular complexity index is 680. The van der Waals surface area contributed by atoms with E-state index >= 15 is 0 Å². The van der Waals surface area contributed by atoms with Crippen LogP contribution in [0.5, 0.6) is 0 Å². The van der Waals surface area contributed by atoms with Gasteiger partial charge >= 0.3 is 11.9 Å². The molecule has 2 rings (SSSR count). The Balaban J connectivity index is 1.85. The van der Waals surface area contributed by atoms with Gasteiger partial charge in [-0.05, 0) is 37.2 Å². The van der Waals surface area contributed by atoms with Crippen LogP contribution in [0.2, 0.25) is 0 Å². The van der Waals surface area contributed by atoms with Crippen LogP contribution in [0.15, 0.2) is 42.5 Å². The Morgan fingerprint density at radius 2 is 1.70 bits per heavy atom. The second kappa shape index (κ2) is 12.6. The second-order valence-electron chi connectivity index (χ2n) is 8.91. The summed E-state index contributed by atoms with van der Waals surface area (Å²) in [4.78, 5) is 25.7. The molecule has 0 aliphatic heterocycles. The van der Waals surface area contributed by atoms with Crippen LogP contribution in [-0.2, 0) is 19.1 Å². The molecule has 0 heterocycles. The first-order valence-electron chi connectivity index (χ1n) is 11.5. The number of hydrogen-bond donors (Lipinski definition) is 0. The highest BCUT2D eigenvalue weighted by atomic mass is 16.5. The highest BCUT2D eigenvalue weighted by Gasteiger charge is 2.40. The molecule has 0 aromatic heterocycles. The van der Waals surface area contributed by atoms with E-state index in [9.17, 15) is 9.59 Å². The van der Waals surface area contributed by atoms with Gasteiger partial charge in [-0.25, -0.2) is 0 Å². The summed E-state index contributed by atoms with van der Waals surface area (Å²) < 4.78 is 11.3. The second-order valence-corrected chi connectivity index (χ2v) is 8.91. The van der Waals surface area contributed by atoms with Gasteiger partial charge in [0, 0.05) is 0 Å². The van der Waals surface area contributed by atoms with Crippen LogP contribution in [0.3, 0.4) is 0 Å². The van der Waals surface area contributed by atoms with Crippen molar-refractivity contribution >= 4 is 11.9 Å². The summed E-state index contributed by atoms with van der Waals surface area (Å²) in [5.41, 5.74) is 0.946. The topological polar surface area (TPSA) is 52.6 Å². The molecule has 1 aliphatic rings. The van der Waals surface area contributed by atoms with Crippen LogP contribution in [0.4, 0.5) is 0 Å². The fraction of sp³-hybridized carbons (Fsp3) is 0.615. The summed E-state index contributed by atoms with van der Waals surface area (Å²) in [6.45, 7) is 8.73. The lowest BCUT2D eigenvalue weighted by Crippen LogP contribution is -2.38. The highest BCUT2D eigenvalue weighted by molar-refractivity contribution is 5.83. The first kappa shape index (κ1) is 24.2. The number of ether oxygens (including phenoxy) is 2. The minimum Gasteiger partial charge on any atom is -0.465 e. The normalized spacial score (nSPS) is 22.0. The molecule has 0 saturated heterocycles. The molecule has 4 unspecified atom stereocenters. The minimum absolute atomic E-state index is 0.0530. The number of esters is 2. The number of benzene rings is 1. The molecule has 1 aliphatic carbocycles. The van der Waals surface area contributed by atoms with Crippen molar-refractivity contribution in [3.63, 3.8) is 0 Å². The van der Waals surface area contributed by atoms with Crippen molar-refractivity contribution < 1.29 is 19.1 Å². The van der Waals surface area contributed by atoms with E-state index in [0.29, 0.717) is 13.0 Å². The summed E-state index contributed by atoms with van der Waals surface area (Å²) in [5, 5.41) is 0.